The third-order valence-corrected chi connectivity index (χ3v) is 6.08. The number of hydrogen-bond donors (Lipinski definition) is 0. The van der Waals surface area contributed by atoms with Gasteiger partial charge in [0.15, 0.2) is 0 Å². The Morgan fingerprint density at radius 1 is 0.255 bits per heavy atom. The van der Waals surface area contributed by atoms with Crippen LogP contribution in [0.5, 0.6) is 0 Å². The van der Waals surface area contributed by atoms with Gasteiger partial charge in [-0.15, -0.1) is 0 Å². The van der Waals surface area contributed by atoms with Crippen molar-refractivity contribution in [2.45, 2.75) is 83.1 Å². The molecule has 3 heteroatoms. The largest absolute Gasteiger partial charge is 0.183 e. The summed E-state index contributed by atoms with van der Waals surface area (Å²) in [6.07, 6.45) is 0. The van der Waals surface area contributed by atoms with Crippen molar-refractivity contribution in [3.63, 3.8) is 0 Å². The quantitative estimate of drug-likeness (QED) is 0.133. The van der Waals surface area contributed by atoms with Crippen molar-refractivity contribution in [2.24, 2.45) is 0 Å². The molecule has 0 amide bonds. The topological polar surface area (TPSA) is 0 Å². The maximum atomic E-state index is 7.26. The van der Waals surface area contributed by atoms with E-state index in [-0.39, 0.29) is 98.1 Å². The second-order valence-corrected chi connectivity index (χ2v) is 11.9. The number of rotatable bonds is 0. The molecule has 51 heavy (non-hydrogen) atoms. The summed E-state index contributed by atoms with van der Waals surface area (Å²) in [5.74, 6) is 0. The van der Waals surface area contributed by atoms with Crippen LogP contribution in [0.1, 0.15) is 75.0 Å². The maximum Gasteiger partial charge on any atom is 0.0335 e. The first-order valence-electron chi connectivity index (χ1n) is 18.9. The van der Waals surface area contributed by atoms with Gasteiger partial charge in [0.2, 0.25) is 0 Å². The average Bonchev–Trinajstić information content (AvgIpc) is 3.10. The Morgan fingerprint density at radius 2 is 0.373 bits per heavy atom. The minimum atomic E-state index is 0. The summed E-state index contributed by atoms with van der Waals surface area (Å²) < 4.78 is 43.6. The van der Waals surface area contributed by atoms with E-state index in [2.05, 4.69) is 36.4 Å². The van der Waals surface area contributed by atoms with E-state index in [9.17, 15) is 0 Å². The minimum absolute atomic E-state index is 0. The standard InChI is InChI=1S/6C8H9.3Y/c6*1-7-4-3-5-8(2)6-7;;;/h6*4-6H,1-2H3;;;/q6*-1;;;/i6*4D;;;. The summed E-state index contributed by atoms with van der Waals surface area (Å²) in [7, 11) is 0. The molecule has 0 N–H and O–H groups in total. The van der Waals surface area contributed by atoms with Crippen LogP contribution in [-0.4, -0.2) is 0 Å². The molecule has 0 bridgehead atoms. The molecule has 3 radical (unpaired) electrons. The van der Waals surface area contributed by atoms with Crippen LogP contribution in [-0.2, 0) is 98.1 Å². The molecule has 6 aromatic rings. The summed E-state index contributed by atoms with van der Waals surface area (Å²) in [6.45, 7) is 23.6. The fourth-order valence-corrected chi connectivity index (χ4v) is 4.10. The van der Waals surface area contributed by atoms with Crippen LogP contribution in [0.25, 0.3) is 0 Å². The predicted octanol–water partition coefficient (Wildman–Crippen LogP) is 12.6. The smallest absolute Gasteiger partial charge is 0.0335 e. The van der Waals surface area contributed by atoms with Gasteiger partial charge in [-0.1, -0.05) is 83.1 Å². The van der Waals surface area contributed by atoms with E-state index in [1.54, 1.807) is 0 Å². The van der Waals surface area contributed by atoms with Gasteiger partial charge in [0.25, 0.3) is 0 Å². The third kappa shape index (κ3) is 30.8. The number of benzene rings is 6. The van der Waals surface area contributed by atoms with Crippen LogP contribution in [0.2, 0.25) is 0 Å². The van der Waals surface area contributed by atoms with Crippen molar-refractivity contribution in [3.05, 3.63) is 212 Å². The summed E-state index contributed by atoms with van der Waals surface area (Å²) >= 11 is 0. The van der Waals surface area contributed by atoms with Crippen molar-refractivity contribution >= 4 is 0 Å². The molecule has 0 unspecified atom stereocenters. The molecule has 0 aromatic heterocycles. The Bertz CT molecular complexity index is 1700. The van der Waals surface area contributed by atoms with Crippen molar-refractivity contribution in [3.8, 4) is 0 Å². The zero-order valence-corrected chi connectivity index (χ0v) is 41.2. The summed E-state index contributed by atoms with van der Waals surface area (Å²) in [4.78, 5) is 0. The fourth-order valence-electron chi connectivity index (χ4n) is 4.10. The van der Waals surface area contributed by atoms with Gasteiger partial charge < -0.3 is 0 Å². The molecule has 0 saturated heterocycles. The zero-order valence-electron chi connectivity index (χ0n) is 38.7. The molecule has 0 aliphatic heterocycles. The fraction of sp³-hybridized carbons (Fsp3) is 0.250. The summed E-state index contributed by atoms with van der Waals surface area (Å²) in [5.41, 5.74) is 13.0. The molecule has 0 aliphatic carbocycles. The Kier molecular flexibility index (Phi) is 26.7. The molecule has 261 valence electrons. The Labute approximate surface area is 397 Å². The SMILES string of the molecule is [2H]c1[c-]cc(C)cc1C.[2H]c1[c-]cc(C)cc1C.[2H]c1[c-]cc(C)cc1C.[2H]c1[c-]cc(C)cc1C.[2H]c1[c-]cc(C)cc1C.[2H]c1[c-]cc(C)cc1C.[Y].[Y].[Y]. The molecule has 0 atom stereocenters. The minimum Gasteiger partial charge on any atom is -0.183 e. The number of aryl methyl sites for hydroxylation is 12. The van der Waals surface area contributed by atoms with E-state index in [1.807, 2.05) is 156 Å². The van der Waals surface area contributed by atoms with E-state index >= 15 is 0 Å². The van der Waals surface area contributed by atoms with E-state index in [4.69, 9.17) is 8.22 Å². The first-order valence-corrected chi connectivity index (χ1v) is 15.9. The normalized spacial score (nSPS) is 10.4. The zero-order chi connectivity index (χ0) is 41.1. The van der Waals surface area contributed by atoms with E-state index in [1.165, 1.54) is 33.4 Å². The van der Waals surface area contributed by atoms with Gasteiger partial charge in [-0.2, -0.15) is 212 Å². The molecule has 0 heterocycles. The molecule has 0 aliphatic rings. The van der Waals surface area contributed by atoms with Crippen LogP contribution >= 0.6 is 0 Å². The second-order valence-electron chi connectivity index (χ2n) is 11.9. The van der Waals surface area contributed by atoms with Gasteiger partial charge >= 0.3 is 0 Å². The van der Waals surface area contributed by atoms with Crippen molar-refractivity contribution in [2.75, 3.05) is 0 Å². The Morgan fingerprint density at radius 3 is 0.451 bits per heavy atom. The first kappa shape index (κ1) is 42.4. The van der Waals surface area contributed by atoms with Gasteiger partial charge in [-0.3, -0.25) is 0 Å². The van der Waals surface area contributed by atoms with Crippen molar-refractivity contribution < 1.29 is 106 Å². The van der Waals surface area contributed by atoms with Crippen LogP contribution in [0, 0.1) is 119 Å². The molecule has 6 aromatic carbocycles. The van der Waals surface area contributed by atoms with E-state index in [0.717, 1.165) is 33.4 Å². The predicted molar refractivity (Wildman–Crippen MR) is 209 cm³/mol. The van der Waals surface area contributed by atoms with Gasteiger partial charge in [-0.05, 0) is 0 Å². The Hall–Kier alpha value is -1.37. The van der Waals surface area contributed by atoms with Crippen LogP contribution in [0.3, 0.4) is 0 Å². The van der Waals surface area contributed by atoms with E-state index < -0.39 is 0 Å². The van der Waals surface area contributed by atoms with Gasteiger partial charge in [-0.25, -0.2) is 0 Å². The van der Waals surface area contributed by atoms with Crippen molar-refractivity contribution in [1.82, 2.24) is 0 Å². The Balaban J connectivity index is -0.000000607. The molecular formula is C48H54Y3-6. The molecular weight excluding hydrogens is 843 g/mol. The molecule has 6 rings (SSSR count). The molecule has 0 fully saturated rings. The second kappa shape index (κ2) is 32.1. The van der Waals surface area contributed by atoms with Gasteiger partial charge in [0.1, 0.15) is 0 Å². The van der Waals surface area contributed by atoms with Crippen LogP contribution in [0.4, 0.5) is 0 Å². The molecule has 0 nitrogen and oxygen atoms in total. The van der Waals surface area contributed by atoms with Crippen LogP contribution in [0.15, 0.2) is 109 Å². The van der Waals surface area contributed by atoms with Crippen molar-refractivity contribution in [1.29, 1.82) is 0 Å². The first-order chi connectivity index (χ1) is 25.2. The average molecular weight is 904 g/mol. The van der Waals surface area contributed by atoms with Gasteiger partial charge in [0, 0.05) is 106 Å². The third-order valence-electron chi connectivity index (χ3n) is 6.08. The maximum absolute atomic E-state index is 7.26. The summed E-state index contributed by atoms with van der Waals surface area (Å²) in [6, 6.07) is 42.9. The summed E-state index contributed by atoms with van der Waals surface area (Å²) in [5, 5.41) is 0. The monoisotopic (exact) mass is 903 g/mol. The van der Waals surface area contributed by atoms with Gasteiger partial charge in [0.05, 0.1) is 0 Å². The molecule has 0 spiro atoms. The molecule has 0 saturated carbocycles. The van der Waals surface area contributed by atoms with E-state index in [0.29, 0.717) is 36.3 Å². The van der Waals surface area contributed by atoms with Crippen LogP contribution < -0.4 is 0 Å². The number of hydrogen-bond acceptors (Lipinski definition) is 0.